The van der Waals surface area contributed by atoms with E-state index < -0.39 is 0 Å². The number of aromatic nitrogens is 2. The number of halogens is 1. The first-order valence-corrected chi connectivity index (χ1v) is 10.1. The van der Waals surface area contributed by atoms with Crippen LogP contribution >= 0.6 is 24.0 Å². The zero-order valence-corrected chi connectivity index (χ0v) is 20.3. The Kier molecular flexibility index (Phi) is 10.7. The summed E-state index contributed by atoms with van der Waals surface area (Å²) < 4.78 is 12.8. The van der Waals surface area contributed by atoms with Crippen molar-refractivity contribution in [2.45, 2.75) is 20.0 Å². The van der Waals surface area contributed by atoms with Crippen molar-refractivity contribution in [2.24, 2.45) is 4.99 Å². The molecule has 1 aromatic heterocycles. The highest BCUT2D eigenvalue weighted by atomic mass is 127. The van der Waals surface area contributed by atoms with Gasteiger partial charge < -0.3 is 20.1 Å². The lowest BCUT2D eigenvalue weighted by atomic mass is 10.1. The van der Waals surface area contributed by atoms with E-state index in [-0.39, 0.29) is 24.0 Å². The van der Waals surface area contributed by atoms with E-state index in [1.807, 2.05) is 41.2 Å². The van der Waals surface area contributed by atoms with E-state index in [4.69, 9.17) is 9.47 Å². The summed E-state index contributed by atoms with van der Waals surface area (Å²) in [6.07, 6.45) is 3.76. The topological polar surface area (TPSA) is 72.7 Å². The Bertz CT molecular complexity index is 914. The van der Waals surface area contributed by atoms with Crippen molar-refractivity contribution in [1.29, 1.82) is 0 Å². The Balaban J connectivity index is 0.00000341. The van der Waals surface area contributed by atoms with Crippen LogP contribution in [0.2, 0.25) is 0 Å². The molecule has 166 valence electrons. The molecular weight excluding hydrogens is 505 g/mol. The minimum absolute atomic E-state index is 0. The predicted octanol–water partition coefficient (Wildman–Crippen LogP) is 3.69. The molecule has 2 N–H and O–H groups in total. The molecular formula is C23H30IN5O2. The van der Waals surface area contributed by atoms with Crippen LogP contribution in [0.5, 0.6) is 11.5 Å². The third kappa shape index (κ3) is 8.49. The molecule has 0 bridgehead atoms. The summed E-state index contributed by atoms with van der Waals surface area (Å²) in [4.78, 5) is 4.69. The van der Waals surface area contributed by atoms with Crippen LogP contribution in [0.25, 0.3) is 0 Å². The molecule has 0 saturated carbocycles. The first-order chi connectivity index (χ1) is 14.8. The first-order valence-electron chi connectivity index (χ1n) is 10.1. The SMILES string of the molecule is CCNC(=NCc1cccc(Cn2cccn2)c1)NCCOc1ccc(OC)cc1.I. The summed E-state index contributed by atoms with van der Waals surface area (Å²) in [7, 11) is 1.65. The van der Waals surface area contributed by atoms with Gasteiger partial charge >= 0.3 is 0 Å². The fraction of sp³-hybridized carbons (Fsp3) is 0.304. The molecule has 31 heavy (non-hydrogen) atoms. The number of nitrogens with zero attached hydrogens (tertiary/aromatic N) is 3. The summed E-state index contributed by atoms with van der Waals surface area (Å²) in [6, 6.07) is 17.9. The molecule has 0 aliphatic rings. The minimum Gasteiger partial charge on any atom is -0.497 e. The van der Waals surface area contributed by atoms with Crippen molar-refractivity contribution in [3.63, 3.8) is 0 Å². The maximum atomic E-state index is 5.75. The molecule has 8 heteroatoms. The lowest BCUT2D eigenvalue weighted by molar-refractivity contribution is 0.321. The van der Waals surface area contributed by atoms with Crippen molar-refractivity contribution >= 4 is 29.9 Å². The van der Waals surface area contributed by atoms with E-state index >= 15 is 0 Å². The number of guanidine groups is 1. The number of methoxy groups -OCH3 is 1. The molecule has 0 atom stereocenters. The molecule has 0 aliphatic heterocycles. The van der Waals surface area contributed by atoms with Crippen LogP contribution in [-0.4, -0.2) is 42.5 Å². The fourth-order valence-corrected chi connectivity index (χ4v) is 2.93. The standard InChI is InChI=1S/C23H29N5O2.HI/c1-3-24-23(25-13-15-30-22-10-8-21(29-2)9-11-22)26-17-19-6-4-7-20(16-19)18-28-14-5-12-27-28;/h4-12,14,16H,3,13,15,17-18H2,1-2H3,(H2,24,25,26);1H. The van der Waals surface area contributed by atoms with Crippen LogP contribution in [0.15, 0.2) is 72.0 Å². The van der Waals surface area contributed by atoms with E-state index in [1.54, 1.807) is 13.3 Å². The smallest absolute Gasteiger partial charge is 0.191 e. The molecule has 0 fully saturated rings. The Labute approximate surface area is 200 Å². The molecule has 0 aliphatic carbocycles. The van der Waals surface area contributed by atoms with Crippen LogP contribution in [-0.2, 0) is 13.1 Å². The van der Waals surface area contributed by atoms with Crippen molar-refractivity contribution in [3.05, 3.63) is 78.1 Å². The predicted molar refractivity (Wildman–Crippen MR) is 134 cm³/mol. The number of hydrogen-bond donors (Lipinski definition) is 2. The number of rotatable bonds is 10. The molecule has 3 aromatic rings. The van der Waals surface area contributed by atoms with E-state index in [9.17, 15) is 0 Å². The maximum absolute atomic E-state index is 5.75. The van der Waals surface area contributed by atoms with Gasteiger partial charge in [0.1, 0.15) is 18.1 Å². The highest BCUT2D eigenvalue weighted by Crippen LogP contribution is 2.16. The molecule has 0 saturated heterocycles. The Hall–Kier alpha value is -2.75. The lowest BCUT2D eigenvalue weighted by Crippen LogP contribution is -2.39. The van der Waals surface area contributed by atoms with Gasteiger partial charge in [0.2, 0.25) is 0 Å². The van der Waals surface area contributed by atoms with Gasteiger partial charge in [0.05, 0.1) is 26.7 Å². The molecule has 2 aromatic carbocycles. The molecule has 0 radical (unpaired) electrons. The summed E-state index contributed by atoms with van der Waals surface area (Å²) in [5.74, 6) is 2.40. The summed E-state index contributed by atoms with van der Waals surface area (Å²) in [5.41, 5.74) is 2.36. The van der Waals surface area contributed by atoms with Crippen LogP contribution in [0, 0.1) is 0 Å². The summed E-state index contributed by atoms with van der Waals surface area (Å²) in [6.45, 7) is 5.39. The minimum atomic E-state index is 0. The third-order valence-electron chi connectivity index (χ3n) is 4.38. The van der Waals surface area contributed by atoms with Crippen molar-refractivity contribution in [3.8, 4) is 11.5 Å². The quantitative estimate of drug-likeness (QED) is 0.179. The molecule has 3 rings (SSSR count). The van der Waals surface area contributed by atoms with Gasteiger partial charge in [-0.2, -0.15) is 5.10 Å². The van der Waals surface area contributed by atoms with Crippen molar-refractivity contribution in [2.75, 3.05) is 26.8 Å². The van der Waals surface area contributed by atoms with Gasteiger partial charge in [-0.05, 0) is 48.4 Å². The van der Waals surface area contributed by atoms with Gasteiger partial charge in [-0.25, -0.2) is 4.99 Å². The van der Waals surface area contributed by atoms with Crippen LogP contribution < -0.4 is 20.1 Å². The maximum Gasteiger partial charge on any atom is 0.191 e. The highest BCUT2D eigenvalue weighted by Gasteiger charge is 2.01. The van der Waals surface area contributed by atoms with E-state index in [0.29, 0.717) is 19.7 Å². The zero-order chi connectivity index (χ0) is 21.0. The largest absolute Gasteiger partial charge is 0.497 e. The normalized spacial score (nSPS) is 10.8. The monoisotopic (exact) mass is 535 g/mol. The summed E-state index contributed by atoms with van der Waals surface area (Å²) in [5, 5.41) is 10.8. The van der Waals surface area contributed by atoms with E-state index in [0.717, 1.165) is 36.1 Å². The number of benzene rings is 2. The molecule has 1 heterocycles. The number of aliphatic imine (C=N–C) groups is 1. The number of nitrogens with one attached hydrogen (secondary N) is 2. The van der Waals surface area contributed by atoms with Gasteiger partial charge in [0, 0.05) is 18.9 Å². The summed E-state index contributed by atoms with van der Waals surface area (Å²) >= 11 is 0. The van der Waals surface area contributed by atoms with E-state index in [1.165, 1.54) is 5.56 Å². The Morgan fingerprint density at radius 2 is 1.81 bits per heavy atom. The van der Waals surface area contributed by atoms with Gasteiger partial charge in [0.15, 0.2) is 5.96 Å². The van der Waals surface area contributed by atoms with Crippen LogP contribution in [0.4, 0.5) is 0 Å². The van der Waals surface area contributed by atoms with Gasteiger partial charge in [0.25, 0.3) is 0 Å². The Morgan fingerprint density at radius 1 is 1.03 bits per heavy atom. The van der Waals surface area contributed by atoms with Gasteiger partial charge in [-0.1, -0.05) is 24.3 Å². The Morgan fingerprint density at radius 3 is 2.52 bits per heavy atom. The average Bonchev–Trinajstić information content (AvgIpc) is 3.28. The van der Waals surface area contributed by atoms with Crippen LogP contribution in [0.3, 0.4) is 0 Å². The molecule has 0 spiro atoms. The second-order valence-corrected chi connectivity index (χ2v) is 6.67. The number of ether oxygens (including phenoxy) is 2. The van der Waals surface area contributed by atoms with Crippen LogP contribution in [0.1, 0.15) is 18.1 Å². The van der Waals surface area contributed by atoms with Gasteiger partial charge in [-0.15, -0.1) is 24.0 Å². The second kappa shape index (κ2) is 13.5. The molecule has 7 nitrogen and oxygen atoms in total. The zero-order valence-electron chi connectivity index (χ0n) is 18.0. The first kappa shape index (κ1) is 24.5. The third-order valence-corrected chi connectivity index (χ3v) is 4.38. The fourth-order valence-electron chi connectivity index (χ4n) is 2.93. The lowest BCUT2D eigenvalue weighted by Gasteiger charge is -2.12. The average molecular weight is 535 g/mol. The highest BCUT2D eigenvalue weighted by molar-refractivity contribution is 14.0. The number of hydrogen-bond acceptors (Lipinski definition) is 4. The molecule has 0 unspecified atom stereocenters. The van der Waals surface area contributed by atoms with Crippen molar-refractivity contribution < 1.29 is 9.47 Å². The van der Waals surface area contributed by atoms with Crippen molar-refractivity contribution in [1.82, 2.24) is 20.4 Å². The molecule has 0 amide bonds. The van der Waals surface area contributed by atoms with Gasteiger partial charge in [-0.3, -0.25) is 4.68 Å². The van der Waals surface area contributed by atoms with E-state index in [2.05, 4.69) is 51.9 Å². The second-order valence-electron chi connectivity index (χ2n) is 6.67.